The quantitative estimate of drug-likeness (QED) is 0.370. The molecule has 0 radical (unpaired) electrons. The van der Waals surface area contributed by atoms with Gasteiger partial charge in [-0.2, -0.15) is 0 Å². The lowest BCUT2D eigenvalue weighted by atomic mass is 9.91. The Balaban J connectivity index is 1.29. The van der Waals surface area contributed by atoms with Crippen LogP contribution in [0.4, 0.5) is 5.82 Å². The van der Waals surface area contributed by atoms with Crippen LogP contribution in [0, 0.1) is 12.8 Å². The molecular weight excluding hydrogens is 540 g/mol. The average molecular weight is 581 g/mol. The van der Waals surface area contributed by atoms with Crippen molar-refractivity contribution in [3.8, 4) is 10.4 Å². The Kier molecular flexibility index (Phi) is 8.77. The number of carbonyl (C=O) groups excluding carboxylic acids is 2. The van der Waals surface area contributed by atoms with E-state index in [1.165, 1.54) is 4.90 Å². The monoisotopic (exact) mass is 580 g/mol. The molecule has 4 heterocycles. The molecule has 0 saturated carbocycles. The molecule has 41 heavy (non-hydrogen) atoms. The first-order valence-electron chi connectivity index (χ1n) is 14.4. The number of aliphatic hydroxyl groups excluding tert-OH is 1. The highest BCUT2D eigenvalue weighted by Crippen LogP contribution is 2.33. The molecule has 2 saturated heterocycles. The molecule has 2 aliphatic heterocycles. The number of likely N-dealkylation sites (tertiary alicyclic amines) is 1. The Labute approximate surface area is 245 Å². The lowest BCUT2D eigenvalue weighted by Gasteiger charge is -2.33. The zero-order valence-corrected chi connectivity index (χ0v) is 25.1. The Hall–Kier alpha value is -3.28. The Morgan fingerprint density at radius 1 is 1.22 bits per heavy atom. The first-order chi connectivity index (χ1) is 19.6. The summed E-state index contributed by atoms with van der Waals surface area (Å²) in [6, 6.07) is 9.14. The molecule has 0 spiro atoms. The average Bonchev–Trinajstić information content (AvgIpc) is 3.69. The number of carbonyl (C=O) groups is 2. The van der Waals surface area contributed by atoms with E-state index in [1.807, 2.05) is 63.5 Å². The second kappa shape index (κ2) is 12.3. The molecule has 2 fully saturated rings. The van der Waals surface area contributed by atoms with Crippen LogP contribution in [0.5, 0.6) is 0 Å². The van der Waals surface area contributed by atoms with E-state index in [1.54, 1.807) is 11.3 Å². The molecule has 2 aromatic heterocycles. The van der Waals surface area contributed by atoms with Crippen LogP contribution >= 0.6 is 11.3 Å². The fourth-order valence-corrected chi connectivity index (χ4v) is 6.67. The number of β-amino-alcohol motifs (C(OH)–C–C–N with tert-alkyl or cyclic N) is 1. The minimum atomic E-state index is -0.772. The predicted molar refractivity (Wildman–Crippen MR) is 159 cm³/mol. The van der Waals surface area contributed by atoms with E-state index in [-0.39, 0.29) is 42.8 Å². The molecule has 1 aromatic carbocycles. The minimum absolute atomic E-state index is 0.0928. The number of piperazine rings is 1. The third-order valence-electron chi connectivity index (χ3n) is 8.19. The van der Waals surface area contributed by atoms with Gasteiger partial charge in [0.1, 0.15) is 12.0 Å². The first kappa shape index (κ1) is 29.2. The fourth-order valence-electron chi connectivity index (χ4n) is 5.86. The van der Waals surface area contributed by atoms with E-state index < -0.39 is 18.1 Å². The Morgan fingerprint density at radius 3 is 2.63 bits per heavy atom. The van der Waals surface area contributed by atoms with Gasteiger partial charge in [0.2, 0.25) is 11.8 Å². The van der Waals surface area contributed by atoms with Gasteiger partial charge in [-0.25, -0.2) is 4.98 Å². The van der Waals surface area contributed by atoms with E-state index >= 15 is 0 Å². The Morgan fingerprint density at radius 2 is 1.98 bits per heavy atom. The molecule has 10 nitrogen and oxygen atoms in total. The number of hydrogen-bond acceptors (Lipinski definition) is 9. The smallest absolute Gasteiger partial charge is 0.243 e. The lowest BCUT2D eigenvalue weighted by Crippen LogP contribution is -2.50. The molecule has 3 aromatic rings. The number of rotatable bonds is 8. The molecule has 2 aliphatic rings. The Bertz CT molecular complexity index is 1350. The van der Waals surface area contributed by atoms with Crippen molar-refractivity contribution in [1.82, 2.24) is 25.7 Å². The molecule has 3 N–H and O–H groups in total. The van der Waals surface area contributed by atoms with Crippen LogP contribution in [-0.2, 0) is 9.59 Å². The van der Waals surface area contributed by atoms with Crippen molar-refractivity contribution in [3.63, 3.8) is 0 Å². The minimum Gasteiger partial charge on any atom is -0.391 e. The van der Waals surface area contributed by atoms with Crippen molar-refractivity contribution >= 4 is 29.0 Å². The lowest BCUT2D eigenvalue weighted by molar-refractivity contribution is -0.141. The number of nitrogens with one attached hydrogen (secondary N) is 2. The summed E-state index contributed by atoms with van der Waals surface area (Å²) in [5.74, 6) is -0.0191. The van der Waals surface area contributed by atoms with E-state index in [9.17, 15) is 14.7 Å². The van der Waals surface area contributed by atoms with Crippen LogP contribution in [0.25, 0.3) is 10.4 Å². The molecule has 220 valence electrons. The highest BCUT2D eigenvalue weighted by molar-refractivity contribution is 7.13. The summed E-state index contributed by atoms with van der Waals surface area (Å²) in [6.07, 6.45) is -0.578. The van der Waals surface area contributed by atoms with Gasteiger partial charge >= 0.3 is 0 Å². The van der Waals surface area contributed by atoms with Crippen molar-refractivity contribution in [2.24, 2.45) is 5.92 Å². The van der Waals surface area contributed by atoms with Crippen LogP contribution < -0.4 is 15.5 Å². The van der Waals surface area contributed by atoms with Gasteiger partial charge in [0.25, 0.3) is 0 Å². The molecule has 0 unspecified atom stereocenters. The van der Waals surface area contributed by atoms with Gasteiger partial charge in [-0.15, -0.1) is 11.3 Å². The molecule has 5 atom stereocenters. The standard InChI is InChI=1S/C30H40N6O4S/c1-17(2)27(25-13-26(34-40-25)35-11-10-31-14-18(35)3)30(39)36-15-23(37)12-24(36)29(38)33-19(4)21-6-8-22(9-7-21)28-20(5)32-16-41-28/h6-9,13,16-19,23-24,27,31,37H,10-12,14-15H2,1-5H3,(H,33,38)/t18-,19-,23+,24-,27-/m0/s1. The number of benzene rings is 1. The number of aryl methyl sites for hydroxylation is 1. The van der Waals surface area contributed by atoms with Crippen LogP contribution in [0.1, 0.15) is 63.1 Å². The second-order valence-corrected chi connectivity index (χ2v) is 12.4. The van der Waals surface area contributed by atoms with Gasteiger partial charge in [-0.05, 0) is 37.8 Å². The maximum Gasteiger partial charge on any atom is 0.243 e. The summed E-state index contributed by atoms with van der Waals surface area (Å²) in [4.78, 5) is 36.6. The maximum absolute atomic E-state index is 14.0. The van der Waals surface area contributed by atoms with Crippen molar-refractivity contribution in [2.45, 2.75) is 71.2 Å². The molecule has 2 amide bonds. The second-order valence-electron chi connectivity index (χ2n) is 11.6. The summed E-state index contributed by atoms with van der Waals surface area (Å²) in [5, 5.41) is 21.3. The SMILES string of the molecule is Cc1ncsc1-c1ccc([C@H](C)NC(=O)[C@@H]2C[C@@H](O)CN2C(=O)[C@H](c2cc(N3CCNC[C@@H]3C)no2)C(C)C)cc1. The number of aromatic nitrogens is 2. The van der Waals surface area contributed by atoms with Crippen molar-refractivity contribution < 1.29 is 19.2 Å². The number of anilines is 1. The van der Waals surface area contributed by atoms with E-state index in [4.69, 9.17) is 4.52 Å². The summed E-state index contributed by atoms with van der Waals surface area (Å²) in [5.41, 5.74) is 4.87. The molecule has 0 bridgehead atoms. The topological polar surface area (TPSA) is 124 Å². The van der Waals surface area contributed by atoms with E-state index in [0.717, 1.165) is 41.3 Å². The fraction of sp³-hybridized carbons (Fsp3) is 0.533. The highest BCUT2D eigenvalue weighted by atomic mass is 32.1. The molecule has 11 heteroatoms. The molecule has 0 aliphatic carbocycles. The van der Waals surface area contributed by atoms with Crippen LogP contribution in [0.2, 0.25) is 0 Å². The summed E-state index contributed by atoms with van der Waals surface area (Å²) in [6.45, 7) is 12.6. The summed E-state index contributed by atoms with van der Waals surface area (Å²) >= 11 is 1.60. The van der Waals surface area contributed by atoms with Crippen molar-refractivity contribution in [2.75, 3.05) is 31.1 Å². The van der Waals surface area contributed by atoms with Crippen LogP contribution in [0.15, 0.2) is 40.4 Å². The third kappa shape index (κ3) is 6.17. The largest absolute Gasteiger partial charge is 0.391 e. The van der Waals surface area contributed by atoms with Gasteiger partial charge in [0.05, 0.1) is 28.2 Å². The third-order valence-corrected chi connectivity index (χ3v) is 9.17. The summed E-state index contributed by atoms with van der Waals surface area (Å²) in [7, 11) is 0. The number of hydrogen-bond donors (Lipinski definition) is 3. The van der Waals surface area contributed by atoms with Crippen molar-refractivity contribution in [1.29, 1.82) is 0 Å². The number of amides is 2. The predicted octanol–water partition coefficient (Wildman–Crippen LogP) is 3.48. The maximum atomic E-state index is 14.0. The normalized spacial score (nSPS) is 22.7. The van der Waals surface area contributed by atoms with Crippen LogP contribution in [0.3, 0.4) is 0 Å². The highest BCUT2D eigenvalue weighted by Gasteiger charge is 2.43. The molecular formula is C30H40N6O4S. The van der Waals surface area contributed by atoms with Crippen LogP contribution in [-0.4, -0.2) is 76.3 Å². The van der Waals surface area contributed by atoms with Gasteiger partial charge in [-0.1, -0.05) is 43.3 Å². The van der Waals surface area contributed by atoms with Gasteiger partial charge in [0.15, 0.2) is 11.6 Å². The van der Waals surface area contributed by atoms with Gasteiger partial charge in [0, 0.05) is 44.7 Å². The van der Waals surface area contributed by atoms with Gasteiger partial charge in [-0.3, -0.25) is 9.59 Å². The van der Waals surface area contributed by atoms with E-state index in [0.29, 0.717) is 11.6 Å². The van der Waals surface area contributed by atoms with Crippen molar-refractivity contribution in [3.05, 3.63) is 52.9 Å². The number of thiazole rings is 1. The number of aliphatic hydroxyl groups is 1. The zero-order valence-electron chi connectivity index (χ0n) is 24.3. The zero-order chi connectivity index (χ0) is 29.3. The summed E-state index contributed by atoms with van der Waals surface area (Å²) < 4.78 is 5.73. The van der Waals surface area contributed by atoms with E-state index in [2.05, 4.69) is 32.6 Å². The first-order valence-corrected chi connectivity index (χ1v) is 15.2. The molecule has 5 rings (SSSR count). The number of nitrogens with zero attached hydrogens (tertiary/aromatic N) is 4. The van der Waals surface area contributed by atoms with Gasteiger partial charge < -0.3 is 30.1 Å².